The molecule has 0 aliphatic carbocycles. The van der Waals surface area contributed by atoms with Gasteiger partial charge in [-0.05, 0) is 91.0 Å². The maximum absolute atomic E-state index is 9.68. The van der Waals surface area contributed by atoms with Crippen LogP contribution in [-0.2, 0) is 0 Å². The van der Waals surface area contributed by atoms with E-state index in [0.717, 1.165) is 56.2 Å². The summed E-state index contributed by atoms with van der Waals surface area (Å²) in [6, 6.07) is 79.2. The van der Waals surface area contributed by atoms with E-state index >= 15 is 0 Å². The van der Waals surface area contributed by atoms with E-state index in [1.807, 2.05) is 36.4 Å². The number of nitrogens with zero attached hydrogens (tertiary/aromatic N) is 6. The molecule has 0 radical (unpaired) electrons. The number of fused-ring (bicyclic) bond motifs is 9. The molecule has 65 heavy (non-hydrogen) atoms. The molecule has 0 aliphatic heterocycles. The van der Waals surface area contributed by atoms with Crippen molar-refractivity contribution in [1.29, 1.82) is 5.26 Å². The molecular formula is C59H36N6. The summed E-state index contributed by atoms with van der Waals surface area (Å²) in [5.74, 6) is 0.572. The number of hydrogen-bond acceptors (Lipinski definition) is 3. The van der Waals surface area contributed by atoms with Gasteiger partial charge in [-0.15, -0.1) is 0 Å². The van der Waals surface area contributed by atoms with Gasteiger partial charge in [-0.1, -0.05) is 127 Å². The second-order valence-corrected chi connectivity index (χ2v) is 16.5. The molecule has 6 nitrogen and oxygen atoms in total. The van der Waals surface area contributed by atoms with Crippen LogP contribution in [0.2, 0.25) is 0 Å². The number of aromatic nitrogens is 5. The molecular weight excluding hydrogens is 793 g/mol. The third-order valence-electron chi connectivity index (χ3n) is 12.9. The van der Waals surface area contributed by atoms with Gasteiger partial charge in [-0.2, -0.15) is 5.26 Å². The first kappa shape index (κ1) is 36.6. The van der Waals surface area contributed by atoms with Crippen molar-refractivity contribution in [2.45, 2.75) is 0 Å². The van der Waals surface area contributed by atoms with Crippen LogP contribution in [0.3, 0.4) is 0 Å². The normalized spacial score (nSPS) is 11.7. The minimum Gasteiger partial charge on any atom is -0.309 e. The van der Waals surface area contributed by atoms with E-state index in [1.54, 1.807) is 6.07 Å². The molecule has 0 atom stereocenters. The standard InChI is InChI=1S/C59H36N6/c60-37-38-13-12-16-41(33-38)59-61-51(39-14-2-1-3-15-39)36-52(62-59)40-25-27-42(28-26-40)63-57-31-29-43(64-53-21-8-4-17-45(53)46-18-5-9-22-54(46)64)34-49(57)50-35-44(30-32-58(50)63)65-55-23-10-6-19-47(55)48-20-7-11-24-56(48)65/h1-36H. The van der Waals surface area contributed by atoms with Crippen molar-refractivity contribution in [2.75, 3.05) is 0 Å². The molecule has 9 aromatic carbocycles. The molecule has 13 aromatic rings. The van der Waals surface area contributed by atoms with Gasteiger partial charge < -0.3 is 13.7 Å². The molecule has 0 unspecified atom stereocenters. The Morgan fingerprint density at radius 1 is 0.308 bits per heavy atom. The van der Waals surface area contributed by atoms with Crippen LogP contribution in [0.5, 0.6) is 0 Å². The summed E-state index contributed by atoms with van der Waals surface area (Å²) in [6.45, 7) is 0. The first-order chi connectivity index (χ1) is 32.2. The van der Waals surface area contributed by atoms with Gasteiger partial charge in [0.15, 0.2) is 5.82 Å². The van der Waals surface area contributed by atoms with E-state index in [1.165, 1.54) is 54.4 Å². The van der Waals surface area contributed by atoms with E-state index in [0.29, 0.717) is 11.4 Å². The van der Waals surface area contributed by atoms with Crippen molar-refractivity contribution in [3.05, 3.63) is 224 Å². The molecule has 302 valence electrons. The van der Waals surface area contributed by atoms with Crippen LogP contribution in [0.15, 0.2) is 218 Å². The number of para-hydroxylation sites is 4. The highest BCUT2D eigenvalue weighted by Crippen LogP contribution is 2.40. The minimum atomic E-state index is 0.567. The van der Waals surface area contributed by atoms with Gasteiger partial charge in [0.25, 0.3) is 0 Å². The van der Waals surface area contributed by atoms with Crippen molar-refractivity contribution < 1.29 is 0 Å². The Morgan fingerprint density at radius 2 is 0.708 bits per heavy atom. The molecule has 0 amide bonds. The van der Waals surface area contributed by atoms with Crippen molar-refractivity contribution in [2.24, 2.45) is 0 Å². The van der Waals surface area contributed by atoms with Crippen molar-refractivity contribution in [3.8, 4) is 57.0 Å². The van der Waals surface area contributed by atoms with Crippen LogP contribution in [-0.4, -0.2) is 23.7 Å². The fourth-order valence-corrected chi connectivity index (χ4v) is 9.95. The Hall–Kier alpha value is -9.05. The van der Waals surface area contributed by atoms with E-state index in [-0.39, 0.29) is 0 Å². The third kappa shape index (κ3) is 5.80. The van der Waals surface area contributed by atoms with Crippen LogP contribution < -0.4 is 0 Å². The summed E-state index contributed by atoms with van der Waals surface area (Å²) in [6.07, 6.45) is 0. The van der Waals surface area contributed by atoms with Gasteiger partial charge in [0.05, 0.1) is 56.1 Å². The topological polar surface area (TPSA) is 64.4 Å². The van der Waals surface area contributed by atoms with Gasteiger partial charge in [0.1, 0.15) is 0 Å². The number of nitriles is 1. The predicted molar refractivity (Wildman–Crippen MR) is 266 cm³/mol. The summed E-state index contributed by atoms with van der Waals surface area (Å²) in [5, 5.41) is 17.0. The van der Waals surface area contributed by atoms with E-state index in [2.05, 4.69) is 196 Å². The Morgan fingerprint density at radius 3 is 1.20 bits per heavy atom. The average Bonchev–Trinajstić information content (AvgIpc) is 4.02. The molecule has 4 aromatic heterocycles. The number of benzene rings is 9. The molecule has 0 spiro atoms. The lowest BCUT2D eigenvalue weighted by Gasteiger charge is -2.12. The highest BCUT2D eigenvalue weighted by molar-refractivity contribution is 6.14. The lowest BCUT2D eigenvalue weighted by atomic mass is 10.1. The van der Waals surface area contributed by atoms with Gasteiger partial charge in [0.2, 0.25) is 0 Å². The zero-order valence-corrected chi connectivity index (χ0v) is 35.0. The maximum Gasteiger partial charge on any atom is 0.160 e. The average molecular weight is 829 g/mol. The molecule has 0 aliphatic rings. The maximum atomic E-state index is 9.68. The second kappa shape index (κ2) is 14.5. The van der Waals surface area contributed by atoms with Crippen molar-refractivity contribution in [3.63, 3.8) is 0 Å². The summed E-state index contributed by atoms with van der Waals surface area (Å²) < 4.78 is 7.18. The van der Waals surface area contributed by atoms with Crippen LogP contribution in [0.25, 0.3) is 116 Å². The monoisotopic (exact) mass is 828 g/mol. The zero-order valence-electron chi connectivity index (χ0n) is 35.0. The lowest BCUT2D eigenvalue weighted by molar-refractivity contribution is 1.16. The van der Waals surface area contributed by atoms with Gasteiger partial charge >= 0.3 is 0 Å². The molecule has 6 heteroatoms. The van der Waals surface area contributed by atoms with E-state index in [9.17, 15) is 5.26 Å². The first-order valence-electron chi connectivity index (χ1n) is 21.8. The molecule has 13 rings (SSSR count). The molecule has 0 saturated heterocycles. The zero-order chi connectivity index (χ0) is 43.0. The van der Waals surface area contributed by atoms with Gasteiger partial charge in [0, 0.05) is 66.1 Å². The summed E-state index contributed by atoms with van der Waals surface area (Å²) >= 11 is 0. The largest absolute Gasteiger partial charge is 0.309 e. The number of rotatable bonds is 6. The van der Waals surface area contributed by atoms with Crippen LogP contribution in [0.1, 0.15) is 5.56 Å². The second-order valence-electron chi connectivity index (χ2n) is 16.5. The fraction of sp³-hybridized carbons (Fsp3) is 0. The Labute approximate surface area is 373 Å². The SMILES string of the molecule is N#Cc1cccc(-c2nc(-c3ccccc3)cc(-c3ccc(-n4c5ccc(-n6c7ccccc7c7ccccc76)cc5c5cc(-n6c7ccccc7c7ccccc76)ccc54)cc3)n2)c1. The minimum absolute atomic E-state index is 0.567. The Balaban J connectivity index is 1.01. The van der Waals surface area contributed by atoms with Gasteiger partial charge in [-0.3, -0.25) is 0 Å². The van der Waals surface area contributed by atoms with E-state index in [4.69, 9.17) is 9.97 Å². The van der Waals surface area contributed by atoms with Crippen LogP contribution >= 0.6 is 0 Å². The predicted octanol–water partition coefficient (Wildman–Crippen LogP) is 14.6. The Kier molecular flexibility index (Phi) is 8.17. The Bertz CT molecular complexity index is 3790. The molecule has 0 N–H and O–H groups in total. The third-order valence-corrected chi connectivity index (χ3v) is 12.9. The van der Waals surface area contributed by atoms with Crippen molar-refractivity contribution in [1.82, 2.24) is 23.7 Å². The van der Waals surface area contributed by atoms with Gasteiger partial charge in [-0.25, -0.2) is 9.97 Å². The highest BCUT2D eigenvalue weighted by Gasteiger charge is 2.19. The molecule has 0 saturated carbocycles. The number of hydrogen-bond donors (Lipinski definition) is 0. The lowest BCUT2D eigenvalue weighted by Crippen LogP contribution is -1.98. The van der Waals surface area contributed by atoms with Crippen molar-refractivity contribution >= 4 is 65.4 Å². The summed E-state index contributed by atoms with van der Waals surface area (Å²) in [5.41, 5.74) is 15.2. The van der Waals surface area contributed by atoms with Crippen LogP contribution in [0, 0.1) is 11.3 Å². The molecule has 0 bridgehead atoms. The first-order valence-corrected chi connectivity index (χ1v) is 21.8. The summed E-state index contributed by atoms with van der Waals surface area (Å²) in [4.78, 5) is 10.1. The smallest absolute Gasteiger partial charge is 0.160 e. The molecule has 0 fully saturated rings. The van der Waals surface area contributed by atoms with Crippen LogP contribution in [0.4, 0.5) is 0 Å². The fourth-order valence-electron chi connectivity index (χ4n) is 9.95. The quantitative estimate of drug-likeness (QED) is 0.168. The summed E-state index contributed by atoms with van der Waals surface area (Å²) in [7, 11) is 0. The molecule has 4 heterocycles. The van der Waals surface area contributed by atoms with E-state index < -0.39 is 0 Å². The highest BCUT2D eigenvalue weighted by atomic mass is 15.0.